The normalized spacial score (nSPS) is 20.1. The summed E-state index contributed by atoms with van der Waals surface area (Å²) in [6, 6.07) is 4.90. The lowest BCUT2D eigenvalue weighted by Crippen LogP contribution is -2.42. The van der Waals surface area contributed by atoms with Crippen LogP contribution in [0.5, 0.6) is 5.75 Å². The Bertz CT molecular complexity index is 821. The van der Waals surface area contributed by atoms with Crippen molar-refractivity contribution in [2.75, 3.05) is 18.4 Å². The number of aryl methyl sites for hydroxylation is 1. The van der Waals surface area contributed by atoms with E-state index >= 15 is 0 Å². The number of fused-ring (bicyclic) bond motifs is 1. The highest BCUT2D eigenvalue weighted by Gasteiger charge is 2.24. The van der Waals surface area contributed by atoms with Crippen molar-refractivity contribution in [3.63, 3.8) is 0 Å². The molecule has 0 amide bonds. The highest BCUT2D eigenvalue weighted by molar-refractivity contribution is 5.91. The molecule has 152 valence electrons. The Morgan fingerprint density at radius 1 is 1.04 bits per heavy atom. The van der Waals surface area contributed by atoms with E-state index in [9.17, 15) is 5.11 Å². The van der Waals surface area contributed by atoms with Gasteiger partial charge >= 0.3 is 0 Å². The maximum atomic E-state index is 10.2. The van der Waals surface area contributed by atoms with Crippen LogP contribution in [0.1, 0.15) is 76.1 Å². The molecule has 1 aromatic carbocycles. The molecule has 0 spiro atoms. The van der Waals surface area contributed by atoms with E-state index in [2.05, 4.69) is 24.1 Å². The predicted octanol–water partition coefficient (Wildman–Crippen LogP) is 4.98. The van der Waals surface area contributed by atoms with Crippen molar-refractivity contribution >= 4 is 16.7 Å². The van der Waals surface area contributed by atoms with Crippen LogP contribution in [0.2, 0.25) is 0 Å². The summed E-state index contributed by atoms with van der Waals surface area (Å²) >= 11 is 0. The first kappa shape index (κ1) is 19.4. The van der Waals surface area contributed by atoms with Gasteiger partial charge in [0.15, 0.2) is 0 Å². The fourth-order valence-electron chi connectivity index (χ4n) is 4.70. The zero-order valence-electron chi connectivity index (χ0n) is 17.5. The Balaban J connectivity index is 1.64. The van der Waals surface area contributed by atoms with Crippen molar-refractivity contribution in [3.05, 3.63) is 23.5 Å². The summed E-state index contributed by atoms with van der Waals surface area (Å²) < 4.78 is 0. The molecule has 0 atom stereocenters. The quantitative estimate of drug-likeness (QED) is 0.781. The SMILES string of the molecule is Cc1cc2c(NC3CCN(C(C)C)CC3)nc(C3CCCCC3)nc2cc1O. The predicted molar refractivity (Wildman–Crippen MR) is 115 cm³/mol. The van der Waals surface area contributed by atoms with Gasteiger partial charge < -0.3 is 15.3 Å². The third-order valence-corrected chi connectivity index (χ3v) is 6.60. The second-order valence-corrected chi connectivity index (χ2v) is 8.97. The Hall–Kier alpha value is -1.88. The molecular weight excluding hydrogens is 348 g/mol. The van der Waals surface area contributed by atoms with Gasteiger partial charge in [0.1, 0.15) is 17.4 Å². The van der Waals surface area contributed by atoms with Crippen molar-refractivity contribution in [3.8, 4) is 5.75 Å². The van der Waals surface area contributed by atoms with E-state index in [1.165, 1.54) is 32.1 Å². The second-order valence-electron chi connectivity index (χ2n) is 8.97. The number of likely N-dealkylation sites (tertiary alicyclic amines) is 1. The minimum atomic E-state index is 0.317. The van der Waals surface area contributed by atoms with Crippen LogP contribution in [-0.4, -0.2) is 45.1 Å². The van der Waals surface area contributed by atoms with Gasteiger partial charge in [-0.3, -0.25) is 0 Å². The Morgan fingerprint density at radius 3 is 2.43 bits per heavy atom. The van der Waals surface area contributed by atoms with E-state index < -0.39 is 0 Å². The summed E-state index contributed by atoms with van der Waals surface area (Å²) in [5.41, 5.74) is 1.74. The van der Waals surface area contributed by atoms with Crippen LogP contribution < -0.4 is 5.32 Å². The fraction of sp³-hybridized carbons (Fsp3) is 0.652. The minimum Gasteiger partial charge on any atom is -0.508 e. The molecule has 0 unspecified atom stereocenters. The molecule has 5 heteroatoms. The lowest BCUT2D eigenvalue weighted by Gasteiger charge is -2.35. The maximum absolute atomic E-state index is 10.2. The number of phenolic OH excluding ortho intramolecular Hbond substituents is 1. The second kappa shape index (κ2) is 8.24. The van der Waals surface area contributed by atoms with E-state index in [4.69, 9.17) is 9.97 Å². The Kier molecular flexibility index (Phi) is 5.72. The van der Waals surface area contributed by atoms with E-state index in [1.807, 2.05) is 19.1 Å². The number of nitrogens with one attached hydrogen (secondary N) is 1. The maximum Gasteiger partial charge on any atom is 0.137 e. The zero-order valence-corrected chi connectivity index (χ0v) is 17.5. The van der Waals surface area contributed by atoms with Gasteiger partial charge in [-0.2, -0.15) is 0 Å². The molecule has 2 heterocycles. The van der Waals surface area contributed by atoms with Crippen LogP contribution in [0, 0.1) is 6.92 Å². The van der Waals surface area contributed by atoms with Gasteiger partial charge in [-0.25, -0.2) is 9.97 Å². The number of phenols is 1. The number of rotatable bonds is 4. The van der Waals surface area contributed by atoms with E-state index in [0.29, 0.717) is 23.8 Å². The fourth-order valence-corrected chi connectivity index (χ4v) is 4.70. The largest absolute Gasteiger partial charge is 0.508 e. The summed E-state index contributed by atoms with van der Waals surface area (Å²) in [5, 5.41) is 15.0. The molecular formula is C23H34N4O. The van der Waals surface area contributed by atoms with Gasteiger partial charge in [0.2, 0.25) is 0 Å². The molecule has 1 saturated carbocycles. The zero-order chi connectivity index (χ0) is 19.7. The molecule has 1 aromatic heterocycles. The molecule has 2 N–H and O–H groups in total. The topological polar surface area (TPSA) is 61.3 Å². The molecule has 4 rings (SSSR count). The number of aromatic hydroxyl groups is 1. The number of benzene rings is 1. The first-order chi connectivity index (χ1) is 13.5. The number of nitrogens with zero attached hydrogens (tertiary/aromatic N) is 3. The summed E-state index contributed by atoms with van der Waals surface area (Å²) in [7, 11) is 0. The molecule has 2 fully saturated rings. The first-order valence-corrected chi connectivity index (χ1v) is 11.0. The van der Waals surface area contributed by atoms with E-state index in [0.717, 1.165) is 54.0 Å². The third-order valence-electron chi connectivity index (χ3n) is 6.60. The number of hydrogen-bond acceptors (Lipinski definition) is 5. The smallest absolute Gasteiger partial charge is 0.137 e. The monoisotopic (exact) mass is 382 g/mol. The lowest BCUT2D eigenvalue weighted by atomic mass is 9.88. The number of aromatic nitrogens is 2. The highest BCUT2D eigenvalue weighted by atomic mass is 16.3. The minimum absolute atomic E-state index is 0.317. The van der Waals surface area contributed by atoms with Crippen LogP contribution in [-0.2, 0) is 0 Å². The standard InChI is InChI=1S/C23H34N4O/c1-15(2)27-11-9-18(10-12-27)24-23-19-13-16(3)21(28)14-20(19)25-22(26-23)17-7-5-4-6-8-17/h13-15,17-18,28H,4-12H2,1-3H3,(H,24,25,26). The van der Waals surface area contributed by atoms with Crippen molar-refractivity contribution < 1.29 is 5.11 Å². The van der Waals surface area contributed by atoms with Gasteiger partial charge in [0.25, 0.3) is 0 Å². The number of piperidine rings is 1. The third kappa shape index (κ3) is 4.09. The molecule has 1 aliphatic carbocycles. The number of hydrogen-bond donors (Lipinski definition) is 2. The summed E-state index contributed by atoms with van der Waals surface area (Å²) in [6.45, 7) is 8.75. The van der Waals surface area contributed by atoms with Gasteiger partial charge in [0.05, 0.1) is 5.52 Å². The van der Waals surface area contributed by atoms with Crippen molar-refractivity contribution in [1.29, 1.82) is 0 Å². The highest BCUT2D eigenvalue weighted by Crippen LogP contribution is 2.35. The summed E-state index contributed by atoms with van der Waals surface area (Å²) in [5.74, 6) is 2.68. The van der Waals surface area contributed by atoms with Crippen molar-refractivity contribution in [1.82, 2.24) is 14.9 Å². The van der Waals surface area contributed by atoms with Crippen LogP contribution in [0.4, 0.5) is 5.82 Å². The van der Waals surface area contributed by atoms with Crippen molar-refractivity contribution in [2.45, 2.75) is 83.7 Å². The molecule has 0 radical (unpaired) electrons. The molecule has 2 aromatic rings. The van der Waals surface area contributed by atoms with Crippen LogP contribution >= 0.6 is 0 Å². The molecule has 1 saturated heterocycles. The van der Waals surface area contributed by atoms with Gasteiger partial charge in [0, 0.05) is 42.5 Å². The Labute approximate surface area is 168 Å². The first-order valence-electron chi connectivity index (χ1n) is 11.0. The van der Waals surface area contributed by atoms with Gasteiger partial charge in [-0.05, 0) is 58.1 Å². The van der Waals surface area contributed by atoms with Crippen LogP contribution in [0.15, 0.2) is 12.1 Å². The Morgan fingerprint density at radius 2 is 1.75 bits per heavy atom. The lowest BCUT2D eigenvalue weighted by molar-refractivity contribution is 0.177. The van der Waals surface area contributed by atoms with Crippen LogP contribution in [0.3, 0.4) is 0 Å². The number of anilines is 1. The van der Waals surface area contributed by atoms with E-state index in [1.54, 1.807) is 0 Å². The average Bonchev–Trinajstić information content (AvgIpc) is 2.70. The molecule has 28 heavy (non-hydrogen) atoms. The van der Waals surface area contributed by atoms with Crippen molar-refractivity contribution in [2.24, 2.45) is 0 Å². The van der Waals surface area contributed by atoms with E-state index in [-0.39, 0.29) is 0 Å². The summed E-state index contributed by atoms with van der Waals surface area (Å²) in [6.07, 6.45) is 8.48. The molecule has 2 aliphatic rings. The molecule has 1 aliphatic heterocycles. The van der Waals surface area contributed by atoms with Gasteiger partial charge in [-0.1, -0.05) is 19.3 Å². The van der Waals surface area contributed by atoms with Gasteiger partial charge in [-0.15, -0.1) is 0 Å². The molecule has 0 bridgehead atoms. The average molecular weight is 383 g/mol. The summed E-state index contributed by atoms with van der Waals surface area (Å²) in [4.78, 5) is 12.4. The molecule has 5 nitrogen and oxygen atoms in total. The van der Waals surface area contributed by atoms with Crippen LogP contribution in [0.25, 0.3) is 10.9 Å².